The highest BCUT2D eigenvalue weighted by molar-refractivity contribution is 9.10. The van der Waals surface area contributed by atoms with Crippen molar-refractivity contribution >= 4 is 27.7 Å². The predicted molar refractivity (Wildman–Crippen MR) is 138 cm³/mol. The Hall–Kier alpha value is -2.73. The first-order valence-corrected chi connectivity index (χ1v) is 13.0. The van der Waals surface area contributed by atoms with Gasteiger partial charge in [-0.15, -0.1) is 0 Å². The summed E-state index contributed by atoms with van der Waals surface area (Å²) in [7, 11) is 1.70. The fourth-order valence-electron chi connectivity index (χ4n) is 5.15. The molecule has 6 heteroatoms. The zero-order chi connectivity index (χ0) is 23.5. The first-order chi connectivity index (χ1) is 16.6. The molecule has 2 aliphatic rings. The molecule has 0 bridgehead atoms. The lowest BCUT2D eigenvalue weighted by Crippen LogP contribution is -2.21. The summed E-state index contributed by atoms with van der Waals surface area (Å²) < 4.78 is 6.43. The quantitative estimate of drug-likeness (QED) is 0.413. The maximum Gasteiger partial charge on any atom is 0.229 e. The SMILES string of the molecule is COc1ccc2c(c1)CCc1nc(NC(=O)Cc3ccc(Br)cc3)c(CC3CCCCC3)nc1-2. The molecule has 2 aromatic carbocycles. The highest BCUT2D eigenvalue weighted by Gasteiger charge is 2.25. The molecule has 1 heterocycles. The lowest BCUT2D eigenvalue weighted by molar-refractivity contribution is -0.115. The number of amides is 1. The van der Waals surface area contributed by atoms with Crippen LogP contribution in [-0.2, 0) is 30.5 Å². The van der Waals surface area contributed by atoms with Crippen LogP contribution in [0.3, 0.4) is 0 Å². The number of carbonyl (C=O) groups excluding carboxylic acids is 1. The molecule has 2 aliphatic carbocycles. The van der Waals surface area contributed by atoms with E-state index in [0.717, 1.165) is 57.7 Å². The number of benzene rings is 2. The van der Waals surface area contributed by atoms with Gasteiger partial charge in [0.1, 0.15) is 5.75 Å². The van der Waals surface area contributed by atoms with Crippen LogP contribution in [0.1, 0.15) is 54.6 Å². The Bertz CT molecular complexity index is 1190. The van der Waals surface area contributed by atoms with E-state index in [1.807, 2.05) is 30.3 Å². The highest BCUT2D eigenvalue weighted by atomic mass is 79.9. The van der Waals surface area contributed by atoms with Gasteiger partial charge in [0.2, 0.25) is 5.91 Å². The molecule has 0 saturated heterocycles. The highest BCUT2D eigenvalue weighted by Crippen LogP contribution is 2.36. The van der Waals surface area contributed by atoms with Crippen LogP contribution in [-0.4, -0.2) is 23.0 Å². The summed E-state index contributed by atoms with van der Waals surface area (Å²) in [5.74, 6) is 2.06. The largest absolute Gasteiger partial charge is 0.497 e. The van der Waals surface area contributed by atoms with Gasteiger partial charge in [0.25, 0.3) is 0 Å². The van der Waals surface area contributed by atoms with Crippen molar-refractivity contribution in [3.63, 3.8) is 0 Å². The standard InChI is InChI=1S/C28H30BrN3O2/c1-34-22-12-13-23-20(17-22)9-14-24-27(23)30-25(15-18-5-3-2-4-6-18)28(31-24)32-26(33)16-19-7-10-21(29)11-8-19/h7-8,10-13,17-18H,2-6,9,14-16H2,1H3,(H,31,32,33). The van der Waals surface area contributed by atoms with E-state index in [2.05, 4.69) is 33.4 Å². The third-order valence-electron chi connectivity index (χ3n) is 6.98. The van der Waals surface area contributed by atoms with Gasteiger partial charge in [-0.2, -0.15) is 0 Å². The molecule has 0 atom stereocenters. The van der Waals surface area contributed by atoms with Gasteiger partial charge in [-0.05, 0) is 66.6 Å². The number of nitrogens with one attached hydrogen (secondary N) is 1. The number of aryl methyl sites for hydroxylation is 2. The van der Waals surface area contributed by atoms with Crippen molar-refractivity contribution in [1.82, 2.24) is 9.97 Å². The van der Waals surface area contributed by atoms with Gasteiger partial charge in [-0.1, -0.05) is 60.2 Å². The normalized spacial score (nSPS) is 15.4. The summed E-state index contributed by atoms with van der Waals surface area (Å²) in [6.45, 7) is 0. The minimum atomic E-state index is -0.0533. The minimum Gasteiger partial charge on any atom is -0.497 e. The van der Waals surface area contributed by atoms with Gasteiger partial charge in [0.05, 0.1) is 30.6 Å². The molecule has 1 saturated carbocycles. The van der Waals surface area contributed by atoms with Crippen LogP contribution >= 0.6 is 15.9 Å². The maximum absolute atomic E-state index is 12.9. The molecule has 1 amide bonds. The zero-order valence-corrected chi connectivity index (χ0v) is 21.2. The lowest BCUT2D eigenvalue weighted by atomic mass is 9.85. The van der Waals surface area contributed by atoms with Crippen molar-refractivity contribution in [2.45, 2.75) is 57.8 Å². The molecule has 3 aromatic rings. The maximum atomic E-state index is 12.9. The molecule has 1 fully saturated rings. The van der Waals surface area contributed by atoms with Crippen LogP contribution in [0, 0.1) is 5.92 Å². The Labute approximate surface area is 209 Å². The van der Waals surface area contributed by atoms with Crippen molar-refractivity contribution < 1.29 is 9.53 Å². The van der Waals surface area contributed by atoms with Crippen LogP contribution in [0.2, 0.25) is 0 Å². The van der Waals surface area contributed by atoms with Gasteiger partial charge in [0.15, 0.2) is 5.82 Å². The topological polar surface area (TPSA) is 64.1 Å². The van der Waals surface area contributed by atoms with Crippen molar-refractivity contribution in [2.24, 2.45) is 5.92 Å². The van der Waals surface area contributed by atoms with Crippen LogP contribution in [0.4, 0.5) is 5.82 Å². The van der Waals surface area contributed by atoms with Gasteiger partial charge in [0, 0.05) is 10.0 Å². The second kappa shape index (κ2) is 10.3. The molecule has 0 aliphatic heterocycles. The molecular formula is C28H30BrN3O2. The van der Waals surface area contributed by atoms with Crippen LogP contribution in [0.15, 0.2) is 46.9 Å². The molecule has 176 valence electrons. The molecular weight excluding hydrogens is 490 g/mol. The zero-order valence-electron chi connectivity index (χ0n) is 19.6. The average molecular weight is 520 g/mol. The molecule has 0 unspecified atom stereocenters. The molecule has 0 spiro atoms. The predicted octanol–water partition coefficient (Wildman–Crippen LogP) is 6.32. The van der Waals surface area contributed by atoms with Crippen molar-refractivity contribution in [2.75, 3.05) is 12.4 Å². The number of anilines is 1. The fraction of sp³-hybridized carbons (Fsp3) is 0.393. The third kappa shape index (κ3) is 5.17. The number of aromatic nitrogens is 2. The van der Waals surface area contributed by atoms with E-state index < -0.39 is 0 Å². The summed E-state index contributed by atoms with van der Waals surface area (Å²) >= 11 is 3.45. The molecule has 5 nitrogen and oxygen atoms in total. The van der Waals surface area contributed by atoms with Crippen molar-refractivity contribution in [1.29, 1.82) is 0 Å². The number of nitrogens with zero attached hydrogens (tertiary/aromatic N) is 2. The van der Waals surface area contributed by atoms with Crippen LogP contribution in [0.5, 0.6) is 5.75 Å². The lowest BCUT2D eigenvalue weighted by Gasteiger charge is -2.25. The van der Waals surface area contributed by atoms with Crippen LogP contribution < -0.4 is 10.1 Å². The average Bonchev–Trinajstić information content (AvgIpc) is 2.86. The second-order valence-electron chi connectivity index (χ2n) is 9.40. The molecule has 5 rings (SSSR count). The number of halogens is 1. The Balaban J connectivity index is 1.46. The Kier molecular flexibility index (Phi) is 6.95. The van der Waals surface area contributed by atoms with Crippen molar-refractivity contribution in [3.05, 3.63) is 69.5 Å². The number of ether oxygens (including phenoxy) is 1. The van der Waals surface area contributed by atoms with Crippen LogP contribution in [0.25, 0.3) is 11.3 Å². The summed E-state index contributed by atoms with van der Waals surface area (Å²) in [5, 5.41) is 3.11. The Morgan fingerprint density at radius 1 is 1.06 bits per heavy atom. The van der Waals surface area contributed by atoms with Crippen molar-refractivity contribution in [3.8, 4) is 17.0 Å². The van der Waals surface area contributed by atoms with E-state index in [1.54, 1.807) is 7.11 Å². The van der Waals surface area contributed by atoms with E-state index in [9.17, 15) is 4.79 Å². The van der Waals surface area contributed by atoms with Gasteiger partial charge in [-0.3, -0.25) is 4.79 Å². The Morgan fingerprint density at radius 3 is 2.62 bits per heavy atom. The number of hydrogen-bond donors (Lipinski definition) is 1. The summed E-state index contributed by atoms with van der Waals surface area (Å²) in [5.41, 5.74) is 6.19. The summed E-state index contributed by atoms with van der Waals surface area (Å²) in [6.07, 6.45) is 9.19. The smallest absolute Gasteiger partial charge is 0.229 e. The van der Waals surface area contributed by atoms with Gasteiger partial charge in [-0.25, -0.2) is 9.97 Å². The molecule has 1 aromatic heterocycles. The van der Waals surface area contributed by atoms with E-state index >= 15 is 0 Å². The summed E-state index contributed by atoms with van der Waals surface area (Å²) in [4.78, 5) is 23.1. The van der Waals surface area contributed by atoms with E-state index in [4.69, 9.17) is 14.7 Å². The molecule has 0 radical (unpaired) electrons. The van der Waals surface area contributed by atoms with Gasteiger partial charge < -0.3 is 10.1 Å². The minimum absolute atomic E-state index is 0.0533. The number of fused-ring (bicyclic) bond motifs is 3. The first kappa shape index (κ1) is 23.0. The molecule has 34 heavy (non-hydrogen) atoms. The fourth-order valence-corrected chi connectivity index (χ4v) is 5.42. The number of methoxy groups -OCH3 is 1. The Morgan fingerprint density at radius 2 is 1.85 bits per heavy atom. The third-order valence-corrected chi connectivity index (χ3v) is 7.51. The number of rotatable bonds is 6. The number of hydrogen-bond acceptors (Lipinski definition) is 4. The first-order valence-electron chi connectivity index (χ1n) is 12.2. The monoisotopic (exact) mass is 519 g/mol. The van der Waals surface area contributed by atoms with Gasteiger partial charge >= 0.3 is 0 Å². The van der Waals surface area contributed by atoms with E-state index in [0.29, 0.717) is 18.2 Å². The van der Waals surface area contributed by atoms with E-state index in [-0.39, 0.29) is 5.91 Å². The molecule has 1 N–H and O–H groups in total. The second-order valence-corrected chi connectivity index (χ2v) is 10.3. The summed E-state index contributed by atoms with van der Waals surface area (Å²) in [6, 6.07) is 14.0. The van der Waals surface area contributed by atoms with E-state index in [1.165, 1.54) is 37.7 Å². The number of carbonyl (C=O) groups is 1.